The minimum Gasteiger partial charge on any atom is -0.444 e. The van der Waals surface area contributed by atoms with Gasteiger partial charge in [-0.1, -0.05) is 17.8 Å². The van der Waals surface area contributed by atoms with Crippen molar-refractivity contribution in [3.05, 3.63) is 23.4 Å². The molecular weight excluding hydrogens is 377 g/mol. The summed E-state index contributed by atoms with van der Waals surface area (Å²) in [5.74, 6) is 0. The highest BCUT2D eigenvalue weighted by Gasteiger charge is 2.52. The van der Waals surface area contributed by atoms with Gasteiger partial charge in [0.1, 0.15) is 5.60 Å². The molecule has 154 valence electrons. The van der Waals surface area contributed by atoms with Crippen LogP contribution in [0.1, 0.15) is 54.0 Å². The summed E-state index contributed by atoms with van der Waals surface area (Å²) >= 11 is 1.47. The van der Waals surface area contributed by atoms with Gasteiger partial charge in [-0.2, -0.15) is 0 Å². The summed E-state index contributed by atoms with van der Waals surface area (Å²) in [5.41, 5.74) is 0.0160. The number of nitrogens with zero attached hydrogens (tertiary/aromatic N) is 2. The highest BCUT2D eigenvalue weighted by atomic mass is 32.2. The standard InChI is InChI=1S/C19H30BN3O4S/c1-17(2,3)25-16(24)23-12-14(9-13-10-21-15(28-8)22-11-13)20-26-18(4,5)19(6,7)27-20/h9-11H,12H2,1-8H3,(H,23,24). The van der Waals surface area contributed by atoms with Crippen LogP contribution in [0.2, 0.25) is 0 Å². The van der Waals surface area contributed by atoms with Gasteiger partial charge < -0.3 is 19.4 Å². The second kappa shape index (κ2) is 8.43. The predicted molar refractivity (Wildman–Crippen MR) is 112 cm³/mol. The van der Waals surface area contributed by atoms with Gasteiger partial charge in [-0.15, -0.1) is 0 Å². The molecular formula is C19H30BN3O4S. The number of nitrogens with one attached hydrogen (secondary N) is 1. The van der Waals surface area contributed by atoms with E-state index in [1.54, 1.807) is 12.4 Å². The first-order chi connectivity index (χ1) is 12.8. The van der Waals surface area contributed by atoms with Gasteiger partial charge in [0, 0.05) is 24.5 Å². The first-order valence-corrected chi connectivity index (χ1v) is 10.4. The van der Waals surface area contributed by atoms with Gasteiger partial charge in [0.25, 0.3) is 0 Å². The molecule has 1 aliphatic heterocycles. The van der Waals surface area contributed by atoms with E-state index in [9.17, 15) is 4.79 Å². The second-order valence-electron chi connectivity index (χ2n) is 8.67. The summed E-state index contributed by atoms with van der Waals surface area (Å²) in [5, 5.41) is 3.47. The third kappa shape index (κ3) is 5.96. The highest BCUT2D eigenvalue weighted by molar-refractivity contribution is 7.98. The van der Waals surface area contributed by atoms with Gasteiger partial charge >= 0.3 is 13.2 Å². The number of hydrogen-bond donors (Lipinski definition) is 1. The van der Waals surface area contributed by atoms with Gasteiger partial charge in [-0.3, -0.25) is 0 Å². The minimum absolute atomic E-state index is 0.218. The van der Waals surface area contributed by atoms with E-state index < -0.39 is 30.0 Å². The van der Waals surface area contributed by atoms with Gasteiger partial charge in [-0.25, -0.2) is 14.8 Å². The van der Waals surface area contributed by atoms with Gasteiger partial charge in [0.2, 0.25) is 0 Å². The lowest BCUT2D eigenvalue weighted by atomic mass is 9.77. The Morgan fingerprint density at radius 3 is 2.21 bits per heavy atom. The van der Waals surface area contributed by atoms with E-state index in [1.165, 1.54) is 11.8 Å². The zero-order valence-corrected chi connectivity index (χ0v) is 18.8. The first kappa shape index (κ1) is 22.7. The largest absolute Gasteiger partial charge is 0.492 e. The van der Waals surface area contributed by atoms with Crippen molar-refractivity contribution >= 4 is 31.0 Å². The van der Waals surface area contributed by atoms with Crippen molar-refractivity contribution in [1.29, 1.82) is 0 Å². The number of carbonyl (C=O) groups excluding carboxylic acids is 1. The Balaban J connectivity index is 2.23. The lowest BCUT2D eigenvalue weighted by molar-refractivity contribution is 0.00578. The smallest absolute Gasteiger partial charge is 0.444 e. The molecule has 9 heteroatoms. The molecule has 0 radical (unpaired) electrons. The fourth-order valence-corrected chi connectivity index (χ4v) is 2.72. The molecule has 0 unspecified atom stereocenters. The highest BCUT2D eigenvalue weighted by Crippen LogP contribution is 2.38. The van der Waals surface area contributed by atoms with Gasteiger partial charge in [0.05, 0.1) is 11.2 Å². The van der Waals surface area contributed by atoms with E-state index in [-0.39, 0.29) is 6.54 Å². The molecule has 1 N–H and O–H groups in total. The van der Waals surface area contributed by atoms with Crippen molar-refractivity contribution in [2.45, 2.75) is 70.4 Å². The maximum atomic E-state index is 12.1. The molecule has 0 spiro atoms. The second-order valence-corrected chi connectivity index (χ2v) is 9.44. The molecule has 1 saturated heterocycles. The molecule has 0 saturated carbocycles. The monoisotopic (exact) mass is 407 g/mol. The van der Waals surface area contributed by atoms with Crippen LogP contribution in [0.15, 0.2) is 23.0 Å². The Bertz CT molecular complexity index is 714. The Morgan fingerprint density at radius 2 is 1.75 bits per heavy atom. The van der Waals surface area contributed by atoms with Crippen LogP contribution in [-0.4, -0.2) is 52.8 Å². The van der Waals surface area contributed by atoms with Gasteiger partial charge in [0.15, 0.2) is 5.16 Å². The van der Waals surface area contributed by atoms with E-state index >= 15 is 0 Å². The van der Waals surface area contributed by atoms with Crippen LogP contribution in [0.25, 0.3) is 6.08 Å². The fraction of sp³-hybridized carbons (Fsp3) is 0.632. The van der Waals surface area contributed by atoms with E-state index in [0.29, 0.717) is 5.16 Å². The van der Waals surface area contributed by atoms with Crippen LogP contribution in [-0.2, 0) is 14.0 Å². The lowest BCUT2D eigenvalue weighted by Crippen LogP contribution is -2.41. The number of carbonyl (C=O) groups is 1. The Hall–Kier alpha value is -1.58. The van der Waals surface area contributed by atoms with Crippen molar-refractivity contribution in [2.24, 2.45) is 0 Å². The zero-order valence-electron chi connectivity index (χ0n) is 18.0. The average molecular weight is 407 g/mol. The van der Waals surface area contributed by atoms with Crippen molar-refractivity contribution in [3.8, 4) is 0 Å². The third-order valence-electron chi connectivity index (χ3n) is 4.57. The van der Waals surface area contributed by atoms with Crippen LogP contribution in [0.5, 0.6) is 0 Å². The van der Waals surface area contributed by atoms with Crippen LogP contribution < -0.4 is 5.32 Å². The molecule has 2 heterocycles. The summed E-state index contributed by atoms with van der Waals surface area (Å²) in [6.07, 6.45) is 6.77. The molecule has 0 aliphatic carbocycles. The summed E-state index contributed by atoms with van der Waals surface area (Å²) < 4.78 is 17.6. The summed E-state index contributed by atoms with van der Waals surface area (Å²) in [4.78, 5) is 20.7. The molecule has 1 aromatic heterocycles. The van der Waals surface area contributed by atoms with Crippen molar-refractivity contribution < 1.29 is 18.8 Å². The number of aromatic nitrogens is 2. The number of rotatable bonds is 5. The molecule has 0 aromatic carbocycles. The van der Waals surface area contributed by atoms with Crippen LogP contribution in [0.4, 0.5) is 4.79 Å². The van der Waals surface area contributed by atoms with Crippen molar-refractivity contribution in [3.63, 3.8) is 0 Å². The molecule has 0 atom stereocenters. The maximum absolute atomic E-state index is 12.1. The fourth-order valence-electron chi connectivity index (χ4n) is 2.41. The SMILES string of the molecule is CSc1ncc(C=C(CNC(=O)OC(C)(C)C)B2OC(C)(C)C(C)(C)O2)cn1. The Morgan fingerprint density at radius 1 is 1.21 bits per heavy atom. The molecule has 7 nitrogen and oxygen atoms in total. The lowest BCUT2D eigenvalue weighted by Gasteiger charge is -2.32. The molecule has 28 heavy (non-hydrogen) atoms. The minimum atomic E-state index is -0.597. The van der Waals surface area contributed by atoms with E-state index in [4.69, 9.17) is 14.0 Å². The Kier molecular flexibility index (Phi) is 6.84. The van der Waals surface area contributed by atoms with Crippen molar-refractivity contribution in [1.82, 2.24) is 15.3 Å². The van der Waals surface area contributed by atoms with E-state index in [0.717, 1.165) is 11.0 Å². The predicted octanol–water partition coefficient (Wildman–Crippen LogP) is 3.74. The number of amides is 1. The van der Waals surface area contributed by atoms with Crippen LogP contribution >= 0.6 is 11.8 Å². The van der Waals surface area contributed by atoms with Crippen molar-refractivity contribution in [2.75, 3.05) is 12.8 Å². The van der Waals surface area contributed by atoms with Crippen LogP contribution in [0, 0.1) is 0 Å². The number of hydrogen-bond acceptors (Lipinski definition) is 7. The number of thioether (sulfide) groups is 1. The summed E-state index contributed by atoms with van der Waals surface area (Å²) in [6, 6.07) is 0. The van der Waals surface area contributed by atoms with Crippen LogP contribution in [0.3, 0.4) is 0 Å². The number of alkyl carbamates (subject to hydrolysis) is 1. The van der Waals surface area contributed by atoms with E-state index in [2.05, 4.69) is 15.3 Å². The normalized spacial score (nSPS) is 18.9. The quantitative estimate of drug-likeness (QED) is 0.452. The van der Waals surface area contributed by atoms with Gasteiger partial charge in [-0.05, 0) is 60.2 Å². The molecule has 2 rings (SSSR count). The van der Waals surface area contributed by atoms with E-state index in [1.807, 2.05) is 60.8 Å². The topological polar surface area (TPSA) is 82.6 Å². The molecule has 1 aromatic rings. The average Bonchev–Trinajstić information content (AvgIpc) is 2.78. The summed E-state index contributed by atoms with van der Waals surface area (Å²) in [7, 11) is -0.597. The first-order valence-electron chi connectivity index (χ1n) is 9.22. The Labute approximate surface area is 172 Å². The zero-order chi connectivity index (χ0) is 21.2. The molecule has 1 amide bonds. The third-order valence-corrected chi connectivity index (χ3v) is 5.15. The summed E-state index contributed by atoms with van der Waals surface area (Å²) in [6.45, 7) is 13.6. The molecule has 1 aliphatic rings. The number of ether oxygens (including phenoxy) is 1. The maximum Gasteiger partial charge on any atom is 0.492 e. The molecule has 1 fully saturated rings. The molecule has 0 bridgehead atoms.